The minimum Gasteiger partial charge on any atom is -0.458 e. The molecular weight excluding hydrogens is 212 g/mol. The van der Waals surface area contributed by atoms with E-state index < -0.39 is 0 Å². The number of thiocarbonyl (C=S) groups is 1. The van der Waals surface area contributed by atoms with Gasteiger partial charge in [0.1, 0.15) is 18.6 Å². The van der Waals surface area contributed by atoms with Crippen LogP contribution in [0.3, 0.4) is 0 Å². The molecule has 15 heavy (non-hydrogen) atoms. The summed E-state index contributed by atoms with van der Waals surface area (Å²) in [6.45, 7) is 0. The van der Waals surface area contributed by atoms with Crippen LogP contribution in [0.1, 0.15) is 0 Å². The Bertz CT molecular complexity index is 477. The van der Waals surface area contributed by atoms with Crippen molar-refractivity contribution in [3.63, 3.8) is 0 Å². The molecule has 5 heteroatoms. The lowest BCUT2D eigenvalue weighted by molar-refractivity contribution is 0.362. The van der Waals surface area contributed by atoms with Gasteiger partial charge >= 0.3 is 0 Å². The molecule has 4 nitrogen and oxygen atoms in total. The van der Waals surface area contributed by atoms with E-state index in [1.54, 1.807) is 18.2 Å². The topological polar surface area (TPSA) is 54.3 Å². The van der Waals surface area contributed by atoms with Crippen LogP contribution in [0, 0.1) is 11.3 Å². The highest BCUT2D eigenvalue weighted by Gasteiger charge is 2.09. The Hall–Kier alpha value is -2.06. The number of hydrogen-bond acceptors (Lipinski definition) is 4. The molecule has 0 aliphatic carbocycles. The Labute approximate surface area is 91.7 Å². The summed E-state index contributed by atoms with van der Waals surface area (Å²) in [5.41, 5.74) is 0.694. The Balaban J connectivity index is 2.23. The fourth-order valence-corrected chi connectivity index (χ4v) is 1.25. The van der Waals surface area contributed by atoms with Gasteiger partial charge in [-0.3, -0.25) is 0 Å². The lowest BCUT2D eigenvalue weighted by Gasteiger charge is -2.13. The predicted molar refractivity (Wildman–Crippen MR) is 58.7 cm³/mol. The number of rotatable bonds is 1. The molecule has 1 N–H and O–H groups in total. The number of nitriles is 1. The zero-order valence-corrected chi connectivity index (χ0v) is 8.38. The molecule has 74 valence electrons. The number of anilines is 1. The fourth-order valence-electron chi connectivity index (χ4n) is 1.14. The Morgan fingerprint density at radius 2 is 2.00 bits per heavy atom. The summed E-state index contributed by atoms with van der Waals surface area (Å²) in [6.07, 6.45) is 2.89. The molecule has 1 aromatic carbocycles. The van der Waals surface area contributed by atoms with Crippen LogP contribution in [0.15, 0.2) is 30.7 Å². The van der Waals surface area contributed by atoms with Crippen molar-refractivity contribution >= 4 is 22.9 Å². The zero-order valence-electron chi connectivity index (χ0n) is 7.56. The van der Waals surface area contributed by atoms with E-state index in [9.17, 15) is 0 Å². The van der Waals surface area contributed by atoms with Crippen molar-refractivity contribution in [2.24, 2.45) is 0 Å². The van der Waals surface area contributed by atoms with Crippen LogP contribution in [-0.2, 0) is 0 Å². The van der Waals surface area contributed by atoms with Crippen molar-refractivity contribution in [1.82, 2.24) is 0 Å². The van der Waals surface area contributed by atoms with Crippen LogP contribution in [0.2, 0.25) is 0 Å². The van der Waals surface area contributed by atoms with Crippen molar-refractivity contribution < 1.29 is 9.47 Å². The monoisotopic (exact) mass is 218 g/mol. The van der Waals surface area contributed by atoms with Gasteiger partial charge in [-0.1, -0.05) is 0 Å². The zero-order chi connectivity index (χ0) is 10.7. The Morgan fingerprint density at radius 3 is 2.73 bits per heavy atom. The molecule has 0 bridgehead atoms. The van der Waals surface area contributed by atoms with Gasteiger partial charge < -0.3 is 14.8 Å². The molecule has 0 saturated heterocycles. The second kappa shape index (κ2) is 3.98. The van der Waals surface area contributed by atoms with Gasteiger partial charge in [0.25, 0.3) is 0 Å². The van der Waals surface area contributed by atoms with Crippen LogP contribution in [0.25, 0.3) is 0 Å². The lowest BCUT2D eigenvalue weighted by atomic mass is 10.2. The molecule has 1 aliphatic rings. The first-order chi connectivity index (χ1) is 7.29. The van der Waals surface area contributed by atoms with E-state index in [0.29, 0.717) is 17.2 Å². The van der Waals surface area contributed by atoms with E-state index in [1.807, 2.05) is 6.07 Å². The normalized spacial score (nSPS) is 11.7. The summed E-state index contributed by atoms with van der Waals surface area (Å²) < 4.78 is 10.4. The fraction of sp³-hybridized carbons (Fsp3) is 0. The predicted octanol–water partition coefficient (Wildman–Crippen LogP) is 2.19. The van der Waals surface area contributed by atoms with Gasteiger partial charge in [0, 0.05) is 11.8 Å². The summed E-state index contributed by atoms with van der Waals surface area (Å²) in [5.74, 6) is 1.22. The van der Waals surface area contributed by atoms with Crippen molar-refractivity contribution in [3.8, 4) is 17.6 Å². The van der Waals surface area contributed by atoms with Crippen molar-refractivity contribution in [3.05, 3.63) is 30.7 Å². The highest BCUT2D eigenvalue weighted by Crippen LogP contribution is 2.32. The Morgan fingerprint density at radius 1 is 1.27 bits per heavy atom. The van der Waals surface area contributed by atoms with Gasteiger partial charge in [0.2, 0.25) is 0 Å². The molecule has 2 rings (SSSR count). The second-order valence-corrected chi connectivity index (χ2v) is 3.14. The van der Waals surface area contributed by atoms with E-state index in [0.717, 1.165) is 0 Å². The van der Waals surface area contributed by atoms with E-state index in [2.05, 4.69) is 5.32 Å². The standard InChI is InChI=1S/C10H6N2O2S/c11-6-10(15)12-7-1-2-8-9(5-7)14-4-3-13-8/h1-5H,(H,12,15). The summed E-state index contributed by atoms with van der Waals surface area (Å²) in [4.78, 5) is 0.113. The van der Waals surface area contributed by atoms with Crippen LogP contribution >= 0.6 is 12.2 Å². The summed E-state index contributed by atoms with van der Waals surface area (Å²) in [6, 6.07) is 7.03. The molecule has 0 atom stereocenters. The minimum absolute atomic E-state index is 0.113. The summed E-state index contributed by atoms with van der Waals surface area (Å²) >= 11 is 4.73. The number of ether oxygens (including phenoxy) is 2. The van der Waals surface area contributed by atoms with E-state index in [1.165, 1.54) is 12.5 Å². The third kappa shape index (κ3) is 2.06. The maximum Gasteiger partial charge on any atom is 0.182 e. The molecule has 0 radical (unpaired) electrons. The Kier molecular flexibility index (Phi) is 2.52. The smallest absolute Gasteiger partial charge is 0.182 e. The highest BCUT2D eigenvalue weighted by molar-refractivity contribution is 7.81. The molecule has 0 fully saturated rings. The SMILES string of the molecule is N#CC(=S)Nc1ccc2c(c1)OC=CO2. The molecule has 1 heterocycles. The van der Waals surface area contributed by atoms with E-state index in [-0.39, 0.29) is 4.99 Å². The van der Waals surface area contributed by atoms with Crippen LogP contribution in [0.4, 0.5) is 5.69 Å². The number of fused-ring (bicyclic) bond motifs is 1. The van der Waals surface area contributed by atoms with Gasteiger partial charge in [-0.05, 0) is 24.4 Å². The molecule has 0 spiro atoms. The lowest BCUT2D eigenvalue weighted by Crippen LogP contribution is -2.06. The van der Waals surface area contributed by atoms with Crippen LogP contribution in [-0.4, -0.2) is 4.99 Å². The largest absolute Gasteiger partial charge is 0.458 e. The molecule has 0 amide bonds. The quantitative estimate of drug-likeness (QED) is 0.732. The summed E-state index contributed by atoms with van der Waals surface area (Å²) in [7, 11) is 0. The van der Waals surface area contributed by atoms with Gasteiger partial charge in [0.15, 0.2) is 16.5 Å². The maximum atomic E-state index is 8.51. The van der Waals surface area contributed by atoms with Gasteiger partial charge in [-0.25, -0.2) is 0 Å². The van der Waals surface area contributed by atoms with Crippen molar-refractivity contribution in [2.45, 2.75) is 0 Å². The summed E-state index contributed by atoms with van der Waals surface area (Å²) in [5, 5.41) is 11.3. The molecule has 0 unspecified atom stereocenters. The molecule has 0 saturated carbocycles. The van der Waals surface area contributed by atoms with E-state index in [4.69, 9.17) is 27.0 Å². The second-order valence-electron chi connectivity index (χ2n) is 2.74. The van der Waals surface area contributed by atoms with Gasteiger partial charge in [-0.2, -0.15) is 5.26 Å². The number of nitrogens with one attached hydrogen (secondary N) is 1. The van der Waals surface area contributed by atoms with Crippen LogP contribution in [0.5, 0.6) is 11.5 Å². The number of hydrogen-bond donors (Lipinski definition) is 1. The van der Waals surface area contributed by atoms with Gasteiger partial charge in [-0.15, -0.1) is 0 Å². The van der Waals surface area contributed by atoms with Crippen molar-refractivity contribution in [1.29, 1.82) is 5.26 Å². The van der Waals surface area contributed by atoms with Crippen molar-refractivity contribution in [2.75, 3.05) is 5.32 Å². The van der Waals surface area contributed by atoms with Crippen LogP contribution < -0.4 is 14.8 Å². The molecular formula is C10H6N2O2S. The highest BCUT2D eigenvalue weighted by atomic mass is 32.1. The first kappa shape index (κ1) is 9.49. The number of nitrogens with zero attached hydrogens (tertiary/aromatic N) is 1. The third-order valence-corrected chi connectivity index (χ3v) is 1.94. The molecule has 1 aromatic rings. The first-order valence-electron chi connectivity index (χ1n) is 4.13. The average molecular weight is 218 g/mol. The van der Waals surface area contributed by atoms with E-state index >= 15 is 0 Å². The number of benzene rings is 1. The van der Waals surface area contributed by atoms with Gasteiger partial charge in [0.05, 0.1) is 0 Å². The molecule has 0 aromatic heterocycles. The first-order valence-corrected chi connectivity index (χ1v) is 4.54. The maximum absolute atomic E-state index is 8.51. The average Bonchev–Trinajstić information content (AvgIpc) is 2.29. The molecule has 1 aliphatic heterocycles. The minimum atomic E-state index is 0.113. The third-order valence-electron chi connectivity index (χ3n) is 1.75.